The summed E-state index contributed by atoms with van der Waals surface area (Å²) in [6.07, 6.45) is 0.938. The Balaban J connectivity index is 2.06. The first-order valence-corrected chi connectivity index (χ1v) is 14.9. The molecule has 0 aliphatic heterocycles. The maximum absolute atomic E-state index is 13.5. The van der Waals surface area contributed by atoms with E-state index in [4.69, 9.17) is 4.74 Å². The molecule has 2 aromatic rings. The lowest BCUT2D eigenvalue weighted by Crippen LogP contribution is -2.56. The van der Waals surface area contributed by atoms with Gasteiger partial charge in [-0.1, -0.05) is 74.5 Å². The van der Waals surface area contributed by atoms with E-state index in [0.29, 0.717) is 19.3 Å². The highest BCUT2D eigenvalue weighted by Gasteiger charge is 2.29. The Kier molecular flexibility index (Phi) is 14.7. The number of ether oxygens (including phenoxy) is 1. The molecule has 0 heterocycles. The van der Waals surface area contributed by atoms with Crippen LogP contribution in [-0.4, -0.2) is 65.8 Å². The van der Waals surface area contributed by atoms with Crippen LogP contribution in [0.1, 0.15) is 65.0 Å². The molecule has 0 aliphatic rings. The minimum atomic E-state index is -0.922. The number of alkyl carbamates (subject to hydrolysis) is 1. The van der Waals surface area contributed by atoms with Gasteiger partial charge in [0.05, 0.1) is 12.6 Å². The van der Waals surface area contributed by atoms with Crippen LogP contribution in [0.3, 0.4) is 0 Å². The molecule has 0 bridgehead atoms. The van der Waals surface area contributed by atoms with E-state index in [-0.39, 0.29) is 37.8 Å². The third-order valence-electron chi connectivity index (χ3n) is 6.41. The van der Waals surface area contributed by atoms with Gasteiger partial charge in [-0.15, -0.1) is 0 Å². The van der Waals surface area contributed by atoms with Crippen LogP contribution < -0.4 is 21.3 Å². The summed E-state index contributed by atoms with van der Waals surface area (Å²) in [6.45, 7) is 9.19. The van der Waals surface area contributed by atoms with Gasteiger partial charge in [0.2, 0.25) is 17.7 Å². The van der Waals surface area contributed by atoms with E-state index in [9.17, 15) is 24.3 Å². The van der Waals surface area contributed by atoms with Gasteiger partial charge in [-0.25, -0.2) is 4.79 Å². The van der Waals surface area contributed by atoms with Crippen molar-refractivity contribution in [1.82, 2.24) is 21.3 Å². The summed E-state index contributed by atoms with van der Waals surface area (Å²) < 4.78 is 5.20. The Labute approximate surface area is 255 Å². The average molecular weight is 597 g/mol. The van der Waals surface area contributed by atoms with Crippen molar-refractivity contribution in [3.63, 3.8) is 0 Å². The summed E-state index contributed by atoms with van der Waals surface area (Å²) in [5.41, 5.74) is 1.20. The van der Waals surface area contributed by atoms with Gasteiger partial charge in [0, 0.05) is 19.4 Å². The quantitative estimate of drug-likeness (QED) is 0.188. The van der Waals surface area contributed by atoms with Crippen LogP contribution in [0.4, 0.5) is 4.79 Å². The molecule has 0 unspecified atom stereocenters. The molecule has 236 valence electrons. The van der Waals surface area contributed by atoms with E-state index in [1.807, 2.05) is 74.5 Å². The van der Waals surface area contributed by atoms with E-state index in [0.717, 1.165) is 11.1 Å². The molecular formula is C33H48N4O6. The first-order valence-electron chi connectivity index (χ1n) is 14.9. The maximum Gasteiger partial charge on any atom is 0.407 e. The Hall–Kier alpha value is -3.92. The number of rotatable bonds is 16. The second-order valence-corrected chi connectivity index (χ2v) is 12.1. The Bertz CT molecular complexity index is 1150. The molecule has 2 aromatic carbocycles. The third-order valence-corrected chi connectivity index (χ3v) is 6.41. The highest BCUT2D eigenvalue weighted by atomic mass is 16.6. The van der Waals surface area contributed by atoms with Crippen molar-refractivity contribution in [3.05, 3.63) is 71.8 Å². The van der Waals surface area contributed by atoms with Crippen molar-refractivity contribution in [1.29, 1.82) is 0 Å². The second kappa shape index (κ2) is 17.9. The largest absolute Gasteiger partial charge is 0.444 e. The van der Waals surface area contributed by atoms with Gasteiger partial charge in [0.1, 0.15) is 17.7 Å². The van der Waals surface area contributed by atoms with Crippen LogP contribution in [0.15, 0.2) is 60.7 Å². The van der Waals surface area contributed by atoms with Crippen molar-refractivity contribution < 1.29 is 29.0 Å². The number of hydrogen-bond donors (Lipinski definition) is 5. The van der Waals surface area contributed by atoms with E-state index in [1.54, 1.807) is 20.8 Å². The van der Waals surface area contributed by atoms with E-state index in [1.165, 1.54) is 0 Å². The average Bonchev–Trinajstić information content (AvgIpc) is 2.94. The predicted octanol–water partition coefficient (Wildman–Crippen LogP) is 3.27. The molecule has 3 atom stereocenters. The zero-order valence-electron chi connectivity index (χ0n) is 26.0. The summed E-state index contributed by atoms with van der Waals surface area (Å²) >= 11 is 0. The van der Waals surface area contributed by atoms with Gasteiger partial charge in [0.15, 0.2) is 0 Å². The number of aliphatic hydroxyl groups is 1. The highest BCUT2D eigenvalue weighted by molar-refractivity contribution is 5.92. The second-order valence-electron chi connectivity index (χ2n) is 12.1. The van der Waals surface area contributed by atoms with Crippen LogP contribution in [0.5, 0.6) is 0 Å². The fraction of sp³-hybridized carbons (Fsp3) is 0.515. The smallest absolute Gasteiger partial charge is 0.407 e. The summed E-state index contributed by atoms with van der Waals surface area (Å²) in [6, 6.07) is 16.5. The molecule has 10 heteroatoms. The van der Waals surface area contributed by atoms with Crippen LogP contribution >= 0.6 is 0 Å². The van der Waals surface area contributed by atoms with Crippen LogP contribution in [0, 0.1) is 5.92 Å². The zero-order chi connectivity index (χ0) is 31.8. The standard InChI is InChI=1S/C33H48N4O6/c1-23(2)19-27(30(40)35-26(22-38)20-24-13-8-6-9-14-24)37-31(41)28(21-25-15-10-7-11-16-25)36-29(39)17-12-18-34-32(42)43-33(3,4)5/h6-11,13-16,23,26-28,38H,12,17-22H2,1-5H3,(H,34,42)(H,35,40)(H,36,39)(H,37,41)/t26-,27-,28-/m0/s1. The summed E-state index contributed by atoms with van der Waals surface area (Å²) in [5.74, 6) is -1.13. The third kappa shape index (κ3) is 14.7. The number of carbonyl (C=O) groups is 4. The molecule has 0 saturated carbocycles. The van der Waals surface area contributed by atoms with Crippen molar-refractivity contribution >= 4 is 23.8 Å². The van der Waals surface area contributed by atoms with E-state index in [2.05, 4.69) is 21.3 Å². The van der Waals surface area contributed by atoms with Crippen molar-refractivity contribution in [3.8, 4) is 0 Å². The van der Waals surface area contributed by atoms with Crippen LogP contribution in [0.25, 0.3) is 0 Å². The van der Waals surface area contributed by atoms with Crippen LogP contribution in [-0.2, 0) is 32.0 Å². The molecule has 5 N–H and O–H groups in total. The lowest BCUT2D eigenvalue weighted by molar-refractivity contribution is -0.132. The normalized spacial score (nSPS) is 13.4. The molecule has 0 radical (unpaired) electrons. The maximum atomic E-state index is 13.5. The number of aliphatic hydroxyl groups excluding tert-OH is 1. The number of amides is 4. The SMILES string of the molecule is CC(C)C[C@H](NC(=O)[C@H](Cc1ccccc1)NC(=O)CCCNC(=O)OC(C)(C)C)C(=O)N[C@H](CO)Cc1ccccc1. The minimum absolute atomic E-state index is 0.0853. The molecule has 0 spiro atoms. The minimum Gasteiger partial charge on any atom is -0.444 e. The fourth-order valence-corrected chi connectivity index (χ4v) is 4.42. The molecule has 0 fully saturated rings. The molecular weight excluding hydrogens is 548 g/mol. The monoisotopic (exact) mass is 596 g/mol. The Morgan fingerprint density at radius 3 is 1.88 bits per heavy atom. The molecule has 43 heavy (non-hydrogen) atoms. The lowest BCUT2D eigenvalue weighted by atomic mass is 10.00. The number of benzene rings is 2. The predicted molar refractivity (Wildman–Crippen MR) is 166 cm³/mol. The highest BCUT2D eigenvalue weighted by Crippen LogP contribution is 2.10. The van der Waals surface area contributed by atoms with Gasteiger partial charge in [0.25, 0.3) is 0 Å². The molecule has 0 aromatic heterocycles. The molecule has 0 saturated heterocycles. The molecule has 4 amide bonds. The summed E-state index contributed by atoms with van der Waals surface area (Å²) in [4.78, 5) is 51.6. The first kappa shape index (κ1) is 35.3. The first-order chi connectivity index (χ1) is 20.4. The Morgan fingerprint density at radius 1 is 0.791 bits per heavy atom. The fourth-order valence-electron chi connectivity index (χ4n) is 4.42. The van der Waals surface area contributed by atoms with Crippen molar-refractivity contribution in [2.75, 3.05) is 13.2 Å². The van der Waals surface area contributed by atoms with E-state index >= 15 is 0 Å². The summed E-state index contributed by atoms with van der Waals surface area (Å²) in [5, 5.41) is 21.1. The lowest BCUT2D eigenvalue weighted by Gasteiger charge is -2.26. The Morgan fingerprint density at radius 2 is 1.35 bits per heavy atom. The number of hydrogen-bond acceptors (Lipinski definition) is 6. The van der Waals surface area contributed by atoms with Crippen LogP contribution in [0.2, 0.25) is 0 Å². The number of nitrogens with one attached hydrogen (secondary N) is 4. The van der Waals surface area contributed by atoms with Gasteiger partial charge < -0.3 is 31.1 Å². The number of carbonyl (C=O) groups excluding carboxylic acids is 4. The van der Waals surface area contributed by atoms with Gasteiger partial charge in [-0.05, 0) is 57.1 Å². The van der Waals surface area contributed by atoms with Gasteiger partial charge in [-0.3, -0.25) is 14.4 Å². The summed E-state index contributed by atoms with van der Waals surface area (Å²) in [7, 11) is 0. The van der Waals surface area contributed by atoms with Crippen molar-refractivity contribution in [2.45, 2.75) is 90.4 Å². The molecule has 2 rings (SSSR count). The zero-order valence-corrected chi connectivity index (χ0v) is 26.0. The van der Waals surface area contributed by atoms with Crippen molar-refractivity contribution in [2.24, 2.45) is 5.92 Å². The van der Waals surface area contributed by atoms with Gasteiger partial charge in [-0.2, -0.15) is 0 Å². The van der Waals surface area contributed by atoms with Gasteiger partial charge >= 0.3 is 6.09 Å². The topological polar surface area (TPSA) is 146 Å². The van der Waals surface area contributed by atoms with E-state index < -0.39 is 41.6 Å². The molecule has 10 nitrogen and oxygen atoms in total. The molecule has 0 aliphatic carbocycles.